The first-order chi connectivity index (χ1) is 27.6. The lowest BCUT2D eigenvalue weighted by atomic mass is 9.71. The summed E-state index contributed by atoms with van der Waals surface area (Å²) in [6.07, 6.45) is -6.50. The summed E-state index contributed by atoms with van der Waals surface area (Å²) in [6.45, 7) is 1.81. The van der Waals surface area contributed by atoms with Crippen LogP contribution in [0.3, 0.4) is 0 Å². The minimum Gasteiger partial charge on any atom is -0.507 e. The smallest absolute Gasteiger partial charge is 0.306 e. The summed E-state index contributed by atoms with van der Waals surface area (Å²) in [5, 5.41) is 70.7. The Hall–Kier alpha value is -5.95. The summed E-state index contributed by atoms with van der Waals surface area (Å²) in [5.74, 6) is -5.55. The average molecular weight is 805 g/mol. The zero-order valence-electron chi connectivity index (χ0n) is 31.3. The van der Waals surface area contributed by atoms with Gasteiger partial charge in [-0.25, -0.2) is 0 Å². The van der Waals surface area contributed by atoms with Gasteiger partial charge in [-0.2, -0.15) is 0 Å². The van der Waals surface area contributed by atoms with Crippen molar-refractivity contribution in [3.05, 3.63) is 101 Å². The van der Waals surface area contributed by atoms with Crippen LogP contribution in [0, 0.1) is 23.0 Å². The molecule has 19 nitrogen and oxygen atoms in total. The van der Waals surface area contributed by atoms with Crippen LogP contribution < -0.4 is 4.74 Å². The molecule has 1 aliphatic heterocycles. The van der Waals surface area contributed by atoms with E-state index in [1.165, 1.54) is 31.2 Å². The van der Waals surface area contributed by atoms with Crippen molar-refractivity contribution in [1.29, 1.82) is 0 Å². The van der Waals surface area contributed by atoms with Crippen molar-refractivity contribution in [3.63, 3.8) is 0 Å². The van der Waals surface area contributed by atoms with Crippen molar-refractivity contribution in [3.8, 4) is 17.2 Å². The number of Topliss-reactive ketones (excluding diaryl/α,β-unsaturated/α-hetero) is 1. The van der Waals surface area contributed by atoms with Crippen molar-refractivity contribution in [2.24, 2.45) is 11.0 Å². The number of azide groups is 1. The molecule has 0 aromatic heterocycles. The predicted molar refractivity (Wildman–Crippen MR) is 197 cm³/mol. The van der Waals surface area contributed by atoms with E-state index in [-0.39, 0.29) is 58.8 Å². The van der Waals surface area contributed by atoms with Gasteiger partial charge in [0, 0.05) is 65.0 Å². The molecule has 0 radical (unpaired) electrons. The minimum atomic E-state index is -2.37. The van der Waals surface area contributed by atoms with Crippen LogP contribution in [0.25, 0.3) is 10.4 Å². The molecule has 0 saturated carbocycles. The Morgan fingerprint density at radius 3 is 2.57 bits per heavy atom. The summed E-state index contributed by atoms with van der Waals surface area (Å²) in [5.41, 5.74) is 4.70. The number of nitro benzene ring substituents is 1. The fourth-order valence-electron chi connectivity index (χ4n) is 7.79. The number of rotatable bonds is 14. The zero-order chi connectivity index (χ0) is 42.1. The molecular formula is C39H40N4O15. The van der Waals surface area contributed by atoms with E-state index in [1.54, 1.807) is 19.1 Å². The van der Waals surface area contributed by atoms with Gasteiger partial charge >= 0.3 is 5.97 Å². The number of hydrogen-bond acceptors (Lipinski definition) is 16. The first-order valence-corrected chi connectivity index (χ1v) is 18.3. The van der Waals surface area contributed by atoms with Gasteiger partial charge in [0.2, 0.25) is 0 Å². The number of carbonyl (C=O) groups excluding carboxylic acids is 4. The van der Waals surface area contributed by atoms with E-state index in [0.717, 1.165) is 0 Å². The number of phenolic OH excluding ortho intramolecular Hbond substituents is 2. The van der Waals surface area contributed by atoms with Crippen LogP contribution in [0.1, 0.15) is 92.8 Å². The highest BCUT2D eigenvalue weighted by atomic mass is 16.7. The molecule has 0 bridgehead atoms. The molecule has 1 heterocycles. The highest BCUT2D eigenvalue weighted by Gasteiger charge is 2.50. The lowest BCUT2D eigenvalue weighted by Gasteiger charge is -2.42. The third-order valence-corrected chi connectivity index (χ3v) is 10.7. The number of benzene rings is 3. The van der Waals surface area contributed by atoms with Crippen molar-refractivity contribution in [1.82, 2.24) is 0 Å². The second kappa shape index (κ2) is 16.9. The standard InChI is InChI=1S/C39H40N4O15/c1-18-5-3-6-23-30(18)37(50)33-32(35(23)48)36(49)24-14-39(52,27(45)16-44)15-26(31(24)38(33)51)58-29-13-20(34(47)19(2)57-29)12-28(46)56-17-21-11-22(7-8-25(21)43(53)54)55-10-4-9-41-42-40/h3,5-8,11,19-20,26,29,34,44,47,49,51-52H,4,9-10,12-17H2,1-2H3/t19-,20-,26-,29-,34+,39-/m0/s1. The molecule has 5 N–H and O–H groups in total. The van der Waals surface area contributed by atoms with Crippen LogP contribution in [0.2, 0.25) is 0 Å². The van der Waals surface area contributed by atoms with Gasteiger partial charge in [-0.3, -0.25) is 29.3 Å². The van der Waals surface area contributed by atoms with Crippen LogP contribution >= 0.6 is 0 Å². The van der Waals surface area contributed by atoms with Crippen LogP contribution in [-0.4, -0.2) is 97.6 Å². The number of ketones is 3. The fraction of sp³-hybridized carbons (Fsp3) is 0.436. The predicted octanol–water partition coefficient (Wildman–Crippen LogP) is 3.71. The summed E-state index contributed by atoms with van der Waals surface area (Å²) >= 11 is 0. The van der Waals surface area contributed by atoms with Crippen molar-refractivity contribution < 1.29 is 68.6 Å². The van der Waals surface area contributed by atoms with Crippen LogP contribution in [0.5, 0.6) is 17.2 Å². The number of esters is 1. The van der Waals surface area contributed by atoms with Gasteiger partial charge in [0.05, 0.1) is 53.0 Å². The van der Waals surface area contributed by atoms with Gasteiger partial charge in [0.15, 0.2) is 23.6 Å². The number of phenols is 2. The molecule has 3 aliphatic rings. The first-order valence-electron chi connectivity index (χ1n) is 18.3. The number of fused-ring (bicyclic) bond motifs is 3. The maximum absolute atomic E-state index is 13.9. The van der Waals surface area contributed by atoms with E-state index in [4.69, 9.17) is 24.5 Å². The Bertz CT molecular complexity index is 2240. The van der Waals surface area contributed by atoms with Gasteiger partial charge in [-0.1, -0.05) is 23.3 Å². The number of aromatic hydroxyl groups is 2. The van der Waals surface area contributed by atoms with E-state index < -0.39 is 119 Å². The zero-order valence-corrected chi connectivity index (χ0v) is 31.3. The number of aliphatic hydroxyl groups is 3. The maximum Gasteiger partial charge on any atom is 0.306 e. The van der Waals surface area contributed by atoms with E-state index in [1.807, 2.05) is 0 Å². The normalized spacial score (nSPS) is 23.5. The summed E-state index contributed by atoms with van der Waals surface area (Å²) < 4.78 is 23.1. The number of aryl methyl sites for hydroxylation is 1. The van der Waals surface area contributed by atoms with Gasteiger partial charge in [-0.15, -0.1) is 0 Å². The Balaban J connectivity index is 1.24. The second-order valence-electron chi connectivity index (χ2n) is 14.4. The molecule has 19 heteroatoms. The van der Waals surface area contributed by atoms with Crippen LogP contribution in [0.4, 0.5) is 5.69 Å². The van der Waals surface area contributed by atoms with Crippen LogP contribution in [0.15, 0.2) is 41.5 Å². The van der Waals surface area contributed by atoms with Gasteiger partial charge in [0.25, 0.3) is 5.69 Å². The summed E-state index contributed by atoms with van der Waals surface area (Å²) in [4.78, 5) is 67.4. The Morgan fingerprint density at radius 1 is 1.12 bits per heavy atom. The second-order valence-corrected chi connectivity index (χ2v) is 14.4. The number of nitrogens with zero attached hydrogens (tertiary/aromatic N) is 4. The van der Waals surface area contributed by atoms with Crippen molar-refractivity contribution >= 4 is 29.0 Å². The SMILES string of the molecule is Cc1cccc2c1C(=O)c1c(O)c3c(c(O)c1C2=O)C[C@@](O)(C(=O)CO)C[C@@H]3O[C@H]1C[C@H](CC(=O)OCc2cc(OCCCN=[N+]=[N-])ccc2[N+](=O)[O-])[C@H](O)[C@H](C)O1. The Labute approximate surface area is 329 Å². The van der Waals surface area contributed by atoms with E-state index in [9.17, 15) is 54.8 Å². The molecule has 1 fully saturated rings. The first kappa shape index (κ1) is 41.7. The molecule has 58 heavy (non-hydrogen) atoms. The summed E-state index contributed by atoms with van der Waals surface area (Å²) in [6, 6.07) is 8.46. The molecule has 1 saturated heterocycles. The van der Waals surface area contributed by atoms with Crippen LogP contribution in [-0.2, 0) is 36.8 Å². The Morgan fingerprint density at radius 2 is 1.86 bits per heavy atom. The molecule has 0 amide bonds. The fourth-order valence-corrected chi connectivity index (χ4v) is 7.79. The third kappa shape index (κ3) is 7.95. The van der Waals surface area contributed by atoms with E-state index in [2.05, 4.69) is 10.0 Å². The number of aliphatic hydroxyl groups excluding tert-OH is 2. The average Bonchev–Trinajstić information content (AvgIpc) is 3.18. The maximum atomic E-state index is 13.9. The van der Waals surface area contributed by atoms with E-state index >= 15 is 0 Å². The highest BCUT2D eigenvalue weighted by Crippen LogP contribution is 2.52. The monoisotopic (exact) mass is 804 g/mol. The highest BCUT2D eigenvalue weighted by molar-refractivity contribution is 6.31. The lowest BCUT2D eigenvalue weighted by molar-refractivity contribution is -0.385. The minimum absolute atomic E-state index is 0.0127. The van der Waals surface area contributed by atoms with Crippen molar-refractivity contribution in [2.45, 2.75) is 82.8 Å². The lowest BCUT2D eigenvalue weighted by Crippen LogP contribution is -2.49. The number of ether oxygens (including phenoxy) is 4. The number of hydrogen-bond donors (Lipinski definition) is 5. The quantitative estimate of drug-likeness (QED) is 0.0177. The Kier molecular flexibility index (Phi) is 12.1. The number of nitro groups is 1. The third-order valence-electron chi connectivity index (χ3n) is 10.7. The molecule has 0 unspecified atom stereocenters. The molecule has 0 spiro atoms. The molecule has 3 aromatic carbocycles. The number of carbonyl (C=O) groups is 4. The van der Waals surface area contributed by atoms with E-state index in [0.29, 0.717) is 12.0 Å². The molecule has 6 atom stereocenters. The largest absolute Gasteiger partial charge is 0.507 e. The molecule has 3 aromatic rings. The summed E-state index contributed by atoms with van der Waals surface area (Å²) in [7, 11) is 0. The molecule has 306 valence electrons. The topological polar surface area (TPSA) is 298 Å². The van der Waals surface area contributed by atoms with Gasteiger partial charge in [-0.05, 0) is 43.5 Å². The van der Waals surface area contributed by atoms with Crippen molar-refractivity contribution in [2.75, 3.05) is 19.8 Å². The molecule has 6 rings (SSSR count). The van der Waals surface area contributed by atoms with Gasteiger partial charge in [0.1, 0.15) is 36.1 Å². The molecular weight excluding hydrogens is 764 g/mol. The van der Waals surface area contributed by atoms with Gasteiger partial charge < -0.3 is 44.5 Å². The molecule has 2 aliphatic carbocycles.